The molecule has 0 spiro atoms. The summed E-state index contributed by atoms with van der Waals surface area (Å²) >= 11 is 0. The molecule has 138 valence electrons. The van der Waals surface area contributed by atoms with Gasteiger partial charge < -0.3 is 14.7 Å². The lowest BCUT2D eigenvalue weighted by Gasteiger charge is -2.39. The summed E-state index contributed by atoms with van der Waals surface area (Å²) in [4.78, 5) is 18.7. The standard InChI is InChI=1S/C21H26N2O3/c1-15-7-8-18(12-16(15)2)26-14-21(25)9-5-11-23(13-21)20(24)19-6-4-10-22-17(19)3/h4,6-8,10,12,25H,5,9,11,13-14H2,1-3H3. The Hall–Kier alpha value is -2.40. The summed E-state index contributed by atoms with van der Waals surface area (Å²) in [6.07, 6.45) is 3.04. The van der Waals surface area contributed by atoms with E-state index < -0.39 is 5.60 Å². The van der Waals surface area contributed by atoms with Crippen LogP contribution in [0, 0.1) is 20.8 Å². The molecule has 1 aromatic heterocycles. The van der Waals surface area contributed by atoms with E-state index in [0.717, 1.165) is 17.7 Å². The van der Waals surface area contributed by atoms with Crippen LogP contribution in [-0.4, -0.2) is 46.2 Å². The van der Waals surface area contributed by atoms with Crippen LogP contribution in [-0.2, 0) is 0 Å². The predicted molar refractivity (Wildman–Crippen MR) is 100 cm³/mol. The van der Waals surface area contributed by atoms with Crippen molar-refractivity contribution in [3.8, 4) is 5.75 Å². The topological polar surface area (TPSA) is 62.7 Å². The summed E-state index contributed by atoms with van der Waals surface area (Å²) < 4.78 is 5.84. The maximum Gasteiger partial charge on any atom is 0.255 e. The maximum absolute atomic E-state index is 12.8. The van der Waals surface area contributed by atoms with Crippen LogP contribution in [0.25, 0.3) is 0 Å². The molecule has 0 saturated carbocycles. The molecule has 1 fully saturated rings. The molecule has 1 amide bonds. The Morgan fingerprint density at radius 2 is 2.08 bits per heavy atom. The Labute approximate surface area is 154 Å². The molecular formula is C21H26N2O3. The molecular weight excluding hydrogens is 328 g/mol. The van der Waals surface area contributed by atoms with Crippen LogP contribution in [0.2, 0.25) is 0 Å². The average molecular weight is 354 g/mol. The lowest BCUT2D eigenvalue weighted by atomic mass is 9.93. The van der Waals surface area contributed by atoms with Crippen molar-refractivity contribution in [2.45, 2.75) is 39.2 Å². The second kappa shape index (κ2) is 7.46. The number of likely N-dealkylation sites (tertiary alicyclic amines) is 1. The van der Waals surface area contributed by atoms with Crippen molar-refractivity contribution in [1.29, 1.82) is 0 Å². The van der Waals surface area contributed by atoms with Gasteiger partial charge in [-0.1, -0.05) is 6.07 Å². The number of aromatic nitrogens is 1. The number of hydrogen-bond donors (Lipinski definition) is 1. The minimum absolute atomic E-state index is 0.0834. The molecule has 0 radical (unpaired) electrons. The van der Waals surface area contributed by atoms with Crippen LogP contribution in [0.15, 0.2) is 36.5 Å². The number of amides is 1. The van der Waals surface area contributed by atoms with Crippen LogP contribution in [0.3, 0.4) is 0 Å². The summed E-state index contributed by atoms with van der Waals surface area (Å²) in [6, 6.07) is 9.44. The highest BCUT2D eigenvalue weighted by atomic mass is 16.5. The average Bonchev–Trinajstić information content (AvgIpc) is 2.63. The van der Waals surface area contributed by atoms with Crippen molar-refractivity contribution in [2.24, 2.45) is 0 Å². The molecule has 1 N–H and O–H groups in total. The van der Waals surface area contributed by atoms with Gasteiger partial charge in [-0.05, 0) is 69.0 Å². The Balaban J connectivity index is 1.67. The highest BCUT2D eigenvalue weighted by molar-refractivity contribution is 5.95. The number of carbonyl (C=O) groups excluding carboxylic acids is 1. The first-order valence-corrected chi connectivity index (χ1v) is 9.01. The van der Waals surface area contributed by atoms with Crippen LogP contribution in [0.5, 0.6) is 5.75 Å². The first-order valence-electron chi connectivity index (χ1n) is 9.01. The van der Waals surface area contributed by atoms with E-state index in [4.69, 9.17) is 4.74 Å². The second-order valence-corrected chi connectivity index (χ2v) is 7.23. The first kappa shape index (κ1) is 18.4. The fourth-order valence-corrected chi connectivity index (χ4v) is 3.31. The third kappa shape index (κ3) is 4.05. The van der Waals surface area contributed by atoms with E-state index in [2.05, 4.69) is 11.9 Å². The Bertz CT molecular complexity index is 806. The van der Waals surface area contributed by atoms with E-state index in [9.17, 15) is 9.90 Å². The summed E-state index contributed by atoms with van der Waals surface area (Å²) in [6.45, 7) is 6.99. The number of ether oxygens (including phenoxy) is 1. The normalized spacial score (nSPS) is 20.1. The Morgan fingerprint density at radius 3 is 2.81 bits per heavy atom. The summed E-state index contributed by atoms with van der Waals surface area (Å²) in [5.41, 5.74) is 2.62. The largest absolute Gasteiger partial charge is 0.491 e. The molecule has 2 aromatic rings. The van der Waals surface area contributed by atoms with Gasteiger partial charge in [0.1, 0.15) is 18.0 Å². The number of pyridine rings is 1. The number of aliphatic hydroxyl groups is 1. The van der Waals surface area contributed by atoms with Gasteiger partial charge in [0.25, 0.3) is 5.91 Å². The molecule has 5 nitrogen and oxygen atoms in total. The maximum atomic E-state index is 12.8. The van der Waals surface area contributed by atoms with E-state index in [0.29, 0.717) is 24.2 Å². The number of aryl methyl sites for hydroxylation is 3. The highest BCUT2D eigenvalue weighted by Crippen LogP contribution is 2.25. The van der Waals surface area contributed by atoms with E-state index in [1.165, 1.54) is 5.56 Å². The number of hydrogen-bond acceptors (Lipinski definition) is 4. The summed E-state index contributed by atoms with van der Waals surface area (Å²) in [7, 11) is 0. The van der Waals surface area contributed by atoms with Gasteiger partial charge in [0, 0.05) is 18.4 Å². The van der Waals surface area contributed by atoms with Crippen molar-refractivity contribution >= 4 is 5.91 Å². The van der Waals surface area contributed by atoms with Crippen LogP contribution in [0.1, 0.15) is 40.0 Å². The van der Waals surface area contributed by atoms with Crippen LogP contribution < -0.4 is 4.74 Å². The lowest BCUT2D eigenvalue weighted by Crippen LogP contribution is -2.53. The van der Waals surface area contributed by atoms with Crippen LogP contribution in [0.4, 0.5) is 0 Å². The smallest absolute Gasteiger partial charge is 0.255 e. The van der Waals surface area contributed by atoms with Gasteiger partial charge in [0.2, 0.25) is 0 Å². The minimum Gasteiger partial charge on any atom is -0.491 e. The molecule has 3 rings (SSSR count). The van der Waals surface area contributed by atoms with E-state index >= 15 is 0 Å². The third-order valence-corrected chi connectivity index (χ3v) is 5.07. The lowest BCUT2D eigenvalue weighted by molar-refractivity contribution is -0.0532. The fourth-order valence-electron chi connectivity index (χ4n) is 3.31. The molecule has 26 heavy (non-hydrogen) atoms. The fraction of sp³-hybridized carbons (Fsp3) is 0.429. The molecule has 0 aliphatic carbocycles. The zero-order valence-electron chi connectivity index (χ0n) is 15.7. The van der Waals surface area contributed by atoms with E-state index in [1.54, 1.807) is 23.2 Å². The van der Waals surface area contributed by atoms with E-state index in [1.807, 2.05) is 32.0 Å². The molecule has 5 heteroatoms. The highest BCUT2D eigenvalue weighted by Gasteiger charge is 2.36. The van der Waals surface area contributed by atoms with Crippen molar-refractivity contribution in [2.75, 3.05) is 19.7 Å². The Morgan fingerprint density at radius 1 is 1.27 bits per heavy atom. The van der Waals surface area contributed by atoms with Crippen molar-refractivity contribution in [3.63, 3.8) is 0 Å². The minimum atomic E-state index is -1.04. The molecule has 2 heterocycles. The first-order chi connectivity index (χ1) is 12.4. The quantitative estimate of drug-likeness (QED) is 0.917. The summed E-state index contributed by atoms with van der Waals surface area (Å²) in [5.74, 6) is 0.660. The number of carbonyl (C=O) groups is 1. The second-order valence-electron chi connectivity index (χ2n) is 7.23. The number of β-amino-alcohol motifs (C(OH)–C–C–N with tert-alkyl or cyclic N) is 1. The predicted octanol–water partition coefficient (Wildman–Crippen LogP) is 3.05. The number of nitrogens with zero attached hydrogens (tertiary/aromatic N) is 2. The van der Waals surface area contributed by atoms with Crippen molar-refractivity contribution in [1.82, 2.24) is 9.88 Å². The van der Waals surface area contributed by atoms with Crippen molar-refractivity contribution in [3.05, 3.63) is 58.9 Å². The van der Waals surface area contributed by atoms with E-state index in [-0.39, 0.29) is 19.1 Å². The molecule has 1 aromatic carbocycles. The van der Waals surface area contributed by atoms with Gasteiger partial charge in [-0.15, -0.1) is 0 Å². The van der Waals surface area contributed by atoms with Gasteiger partial charge in [-0.3, -0.25) is 9.78 Å². The Kier molecular flexibility index (Phi) is 5.28. The molecule has 1 atom stereocenters. The van der Waals surface area contributed by atoms with Gasteiger partial charge >= 0.3 is 0 Å². The SMILES string of the molecule is Cc1ccc(OCC2(O)CCCN(C(=O)c3cccnc3C)C2)cc1C. The molecule has 1 aliphatic heterocycles. The zero-order chi connectivity index (χ0) is 18.7. The molecule has 1 unspecified atom stereocenters. The number of piperidine rings is 1. The number of rotatable bonds is 4. The monoisotopic (exact) mass is 354 g/mol. The molecule has 1 saturated heterocycles. The third-order valence-electron chi connectivity index (χ3n) is 5.07. The molecule has 0 bridgehead atoms. The van der Waals surface area contributed by atoms with Gasteiger partial charge in [0.05, 0.1) is 12.1 Å². The summed E-state index contributed by atoms with van der Waals surface area (Å²) in [5, 5.41) is 11.0. The van der Waals surface area contributed by atoms with Crippen molar-refractivity contribution < 1.29 is 14.6 Å². The van der Waals surface area contributed by atoms with Crippen LogP contribution >= 0.6 is 0 Å². The van der Waals surface area contributed by atoms with Gasteiger partial charge in [0.15, 0.2) is 0 Å². The number of benzene rings is 1. The van der Waals surface area contributed by atoms with Gasteiger partial charge in [-0.2, -0.15) is 0 Å². The van der Waals surface area contributed by atoms with Gasteiger partial charge in [-0.25, -0.2) is 0 Å². The zero-order valence-corrected chi connectivity index (χ0v) is 15.7. The molecule has 1 aliphatic rings.